The summed E-state index contributed by atoms with van der Waals surface area (Å²) in [5.41, 5.74) is 1.28. The number of carbonyl (C=O) groups is 1. The van der Waals surface area contributed by atoms with E-state index in [0.717, 1.165) is 33.9 Å². The van der Waals surface area contributed by atoms with Gasteiger partial charge in [0.1, 0.15) is 12.4 Å². The van der Waals surface area contributed by atoms with Gasteiger partial charge in [0.05, 0.1) is 11.0 Å². The van der Waals surface area contributed by atoms with Crippen molar-refractivity contribution in [1.29, 1.82) is 0 Å². The molecule has 0 atom stereocenters. The predicted octanol–water partition coefficient (Wildman–Crippen LogP) is 6.69. The molecule has 0 aliphatic heterocycles. The Labute approximate surface area is 188 Å². The molecule has 3 aromatic rings. The third-order valence-electron chi connectivity index (χ3n) is 5.58. The van der Waals surface area contributed by atoms with E-state index in [4.69, 9.17) is 4.74 Å². The zero-order valence-corrected chi connectivity index (χ0v) is 17.9. The minimum absolute atomic E-state index is 0.191. The summed E-state index contributed by atoms with van der Waals surface area (Å²) in [5, 5.41) is 9.39. The lowest BCUT2D eigenvalue weighted by Crippen LogP contribution is -2.19. The number of alkyl halides is 3. The zero-order chi connectivity index (χ0) is 22.8. The number of halogens is 3. The van der Waals surface area contributed by atoms with Crippen LogP contribution in [0.4, 0.5) is 13.2 Å². The number of hydrogen-bond acceptors (Lipinski definition) is 3. The largest absolute Gasteiger partial charge is 0.489 e. The highest BCUT2D eigenvalue weighted by atomic mass is 32.2. The SMILES string of the molecule is O=C(O)C1(c2ccc(SCc3ccc(OCc4ccc(C(F)(F)F)cc4)cc3)cc2)CC1. The lowest BCUT2D eigenvalue weighted by atomic mass is 9.96. The average molecular weight is 459 g/mol. The Hall–Kier alpha value is -2.93. The van der Waals surface area contributed by atoms with Crippen molar-refractivity contribution >= 4 is 17.7 Å². The molecule has 0 amide bonds. The van der Waals surface area contributed by atoms with Gasteiger partial charge in [-0.3, -0.25) is 4.79 Å². The number of ether oxygens (including phenoxy) is 1. The van der Waals surface area contributed by atoms with Gasteiger partial charge in [-0.1, -0.05) is 36.4 Å². The van der Waals surface area contributed by atoms with Gasteiger partial charge in [0, 0.05) is 10.6 Å². The van der Waals surface area contributed by atoms with E-state index in [1.54, 1.807) is 11.8 Å². The highest BCUT2D eigenvalue weighted by Crippen LogP contribution is 2.48. The number of benzene rings is 3. The van der Waals surface area contributed by atoms with Crippen molar-refractivity contribution in [3.8, 4) is 5.75 Å². The van der Waals surface area contributed by atoms with Gasteiger partial charge in [-0.2, -0.15) is 13.2 Å². The van der Waals surface area contributed by atoms with Gasteiger partial charge in [0.25, 0.3) is 0 Å². The highest BCUT2D eigenvalue weighted by molar-refractivity contribution is 7.98. The fraction of sp³-hybridized carbons (Fsp3) is 0.240. The van der Waals surface area contributed by atoms with Crippen LogP contribution >= 0.6 is 11.8 Å². The number of carboxylic acids is 1. The molecule has 1 aliphatic carbocycles. The molecule has 1 aliphatic rings. The number of carboxylic acid groups (broad SMARTS) is 1. The predicted molar refractivity (Wildman–Crippen MR) is 117 cm³/mol. The van der Waals surface area contributed by atoms with Crippen molar-refractivity contribution in [2.45, 2.75) is 41.7 Å². The highest BCUT2D eigenvalue weighted by Gasteiger charge is 2.51. The van der Waals surface area contributed by atoms with E-state index in [-0.39, 0.29) is 6.61 Å². The standard InChI is InChI=1S/C25H21F3O3S/c26-25(27,28)20-5-1-17(2-6-20)15-31-21-9-3-18(4-10-21)16-32-22-11-7-19(8-12-22)24(13-14-24)23(29)30/h1-12H,13-16H2,(H,29,30). The molecule has 7 heteroatoms. The smallest absolute Gasteiger partial charge is 0.416 e. The summed E-state index contributed by atoms with van der Waals surface area (Å²) in [7, 11) is 0. The molecule has 1 fully saturated rings. The van der Waals surface area contributed by atoms with E-state index in [1.807, 2.05) is 48.5 Å². The average Bonchev–Trinajstić information content (AvgIpc) is 3.59. The Kier molecular flexibility index (Phi) is 6.20. The first-order valence-corrected chi connectivity index (χ1v) is 11.1. The number of rotatable bonds is 8. The van der Waals surface area contributed by atoms with Crippen molar-refractivity contribution < 1.29 is 27.8 Å². The molecular weight excluding hydrogens is 437 g/mol. The molecule has 0 bridgehead atoms. The summed E-state index contributed by atoms with van der Waals surface area (Å²) in [4.78, 5) is 12.5. The van der Waals surface area contributed by atoms with Crippen molar-refractivity contribution in [3.63, 3.8) is 0 Å². The minimum Gasteiger partial charge on any atom is -0.489 e. The molecule has 166 valence electrons. The summed E-state index contributed by atoms with van der Waals surface area (Å²) in [5.74, 6) is 0.646. The topological polar surface area (TPSA) is 46.5 Å². The first-order chi connectivity index (χ1) is 15.3. The van der Waals surface area contributed by atoms with Gasteiger partial charge >= 0.3 is 12.1 Å². The molecule has 1 N–H and O–H groups in total. The maximum absolute atomic E-state index is 12.6. The summed E-state index contributed by atoms with van der Waals surface area (Å²) < 4.78 is 43.5. The van der Waals surface area contributed by atoms with Crippen LogP contribution in [0.1, 0.15) is 35.1 Å². The van der Waals surface area contributed by atoms with E-state index >= 15 is 0 Å². The van der Waals surface area contributed by atoms with Crippen LogP contribution < -0.4 is 4.74 Å². The lowest BCUT2D eigenvalue weighted by Gasteiger charge is -2.11. The van der Waals surface area contributed by atoms with Gasteiger partial charge < -0.3 is 9.84 Å². The first-order valence-electron chi connectivity index (χ1n) is 10.1. The van der Waals surface area contributed by atoms with Crippen LogP contribution in [0.15, 0.2) is 77.7 Å². The zero-order valence-electron chi connectivity index (χ0n) is 17.1. The first kappa shape index (κ1) is 22.3. The van der Waals surface area contributed by atoms with E-state index in [2.05, 4.69) is 0 Å². The van der Waals surface area contributed by atoms with Crippen LogP contribution in [0, 0.1) is 0 Å². The Balaban J connectivity index is 1.27. The minimum atomic E-state index is -4.34. The molecule has 0 heterocycles. The molecule has 0 unspecified atom stereocenters. The van der Waals surface area contributed by atoms with Crippen LogP contribution in [0.2, 0.25) is 0 Å². The summed E-state index contributed by atoms with van der Waals surface area (Å²) >= 11 is 1.66. The van der Waals surface area contributed by atoms with Crippen LogP contribution in [0.25, 0.3) is 0 Å². The van der Waals surface area contributed by atoms with Crippen molar-refractivity contribution in [2.75, 3.05) is 0 Å². The second-order valence-electron chi connectivity index (χ2n) is 7.83. The molecular formula is C25H21F3O3S. The van der Waals surface area contributed by atoms with Gasteiger partial charge in [-0.25, -0.2) is 0 Å². The molecule has 0 spiro atoms. The Morgan fingerprint density at radius 1 is 0.906 bits per heavy atom. The van der Waals surface area contributed by atoms with E-state index in [9.17, 15) is 23.1 Å². The van der Waals surface area contributed by atoms with Crippen LogP contribution in [-0.4, -0.2) is 11.1 Å². The normalized spacial score (nSPS) is 14.7. The molecule has 0 saturated heterocycles. The number of thioether (sulfide) groups is 1. The van der Waals surface area contributed by atoms with E-state index < -0.39 is 23.1 Å². The van der Waals surface area contributed by atoms with Crippen molar-refractivity contribution in [3.05, 3.63) is 95.1 Å². The van der Waals surface area contributed by atoms with Crippen molar-refractivity contribution in [2.24, 2.45) is 0 Å². The van der Waals surface area contributed by atoms with E-state index in [0.29, 0.717) is 24.2 Å². The summed E-state index contributed by atoms with van der Waals surface area (Å²) in [6.07, 6.45) is -2.95. The quantitative estimate of drug-likeness (QED) is 0.382. The fourth-order valence-electron chi connectivity index (χ4n) is 3.43. The van der Waals surface area contributed by atoms with Crippen LogP contribution in [0.3, 0.4) is 0 Å². The molecule has 4 rings (SSSR count). The number of hydrogen-bond donors (Lipinski definition) is 1. The monoisotopic (exact) mass is 458 g/mol. The second-order valence-corrected chi connectivity index (χ2v) is 8.88. The van der Waals surface area contributed by atoms with Crippen LogP contribution in [0.5, 0.6) is 5.75 Å². The Morgan fingerprint density at radius 2 is 1.50 bits per heavy atom. The molecule has 0 aromatic heterocycles. The van der Waals surface area contributed by atoms with Gasteiger partial charge in [-0.15, -0.1) is 11.8 Å². The maximum Gasteiger partial charge on any atom is 0.416 e. The van der Waals surface area contributed by atoms with Gasteiger partial charge in [0.2, 0.25) is 0 Å². The molecule has 3 aromatic carbocycles. The Morgan fingerprint density at radius 3 is 2.03 bits per heavy atom. The van der Waals surface area contributed by atoms with Crippen molar-refractivity contribution in [1.82, 2.24) is 0 Å². The Bertz CT molecular complexity index is 1070. The summed E-state index contributed by atoms with van der Waals surface area (Å²) in [6.45, 7) is 0.191. The molecule has 1 saturated carbocycles. The molecule has 32 heavy (non-hydrogen) atoms. The van der Waals surface area contributed by atoms with Crippen LogP contribution in [-0.2, 0) is 28.7 Å². The third-order valence-corrected chi connectivity index (χ3v) is 6.67. The number of aliphatic carboxylic acids is 1. The molecule has 3 nitrogen and oxygen atoms in total. The lowest BCUT2D eigenvalue weighted by molar-refractivity contribution is -0.140. The molecule has 0 radical (unpaired) electrons. The van der Waals surface area contributed by atoms with Gasteiger partial charge in [-0.05, 0) is 65.9 Å². The second kappa shape index (κ2) is 8.90. The maximum atomic E-state index is 12.6. The fourth-order valence-corrected chi connectivity index (χ4v) is 4.28. The third kappa shape index (κ3) is 5.10. The van der Waals surface area contributed by atoms with E-state index in [1.165, 1.54) is 12.1 Å². The van der Waals surface area contributed by atoms with Gasteiger partial charge in [0.15, 0.2) is 0 Å². The summed E-state index contributed by atoms with van der Waals surface area (Å²) in [6, 6.07) is 20.3.